The van der Waals surface area contributed by atoms with E-state index in [0.29, 0.717) is 16.6 Å². The van der Waals surface area contributed by atoms with E-state index in [1.54, 1.807) is 25.1 Å². The van der Waals surface area contributed by atoms with E-state index in [2.05, 4.69) is 17.2 Å². The highest BCUT2D eigenvalue weighted by molar-refractivity contribution is 6.42. The van der Waals surface area contributed by atoms with Crippen LogP contribution in [0.25, 0.3) is 0 Å². The molecule has 0 saturated carbocycles. The lowest BCUT2D eigenvalue weighted by Crippen LogP contribution is -2.25. The van der Waals surface area contributed by atoms with Crippen molar-refractivity contribution >= 4 is 29.1 Å². The molecule has 0 atom stereocenters. The van der Waals surface area contributed by atoms with Crippen LogP contribution in [-0.4, -0.2) is 12.5 Å². The van der Waals surface area contributed by atoms with Crippen molar-refractivity contribution in [2.75, 3.05) is 6.54 Å². The molecule has 2 nitrogen and oxygen atoms in total. The molecule has 0 radical (unpaired) electrons. The minimum absolute atomic E-state index is 0.0823. The Kier molecular flexibility index (Phi) is 5.18. The van der Waals surface area contributed by atoms with Gasteiger partial charge in [0.05, 0.1) is 23.0 Å². The van der Waals surface area contributed by atoms with Crippen molar-refractivity contribution in [3.05, 3.63) is 33.8 Å². The van der Waals surface area contributed by atoms with Crippen molar-refractivity contribution in [3.63, 3.8) is 0 Å². The summed E-state index contributed by atoms with van der Waals surface area (Å²) in [5, 5.41) is 3.62. The fraction of sp³-hybridized carbons (Fsp3) is 0.250. The summed E-state index contributed by atoms with van der Waals surface area (Å²) in [7, 11) is 0. The zero-order valence-electron chi connectivity index (χ0n) is 8.81. The fourth-order valence-corrected chi connectivity index (χ4v) is 1.45. The molecule has 1 aromatic rings. The highest BCUT2D eigenvalue weighted by Crippen LogP contribution is 2.22. The number of hydrogen-bond acceptors (Lipinski definition) is 1. The first-order valence-electron chi connectivity index (χ1n) is 4.73. The molecule has 0 aromatic heterocycles. The topological polar surface area (TPSA) is 29.1 Å². The van der Waals surface area contributed by atoms with Crippen molar-refractivity contribution < 1.29 is 4.79 Å². The molecule has 1 aromatic carbocycles. The van der Waals surface area contributed by atoms with Crippen LogP contribution in [-0.2, 0) is 11.2 Å². The number of rotatable bonds is 3. The number of amides is 1. The molecule has 0 unspecified atom stereocenters. The standard InChI is InChI=1S/C12H11Cl2NO/c1-2-3-6-15-12(16)8-9-4-5-10(13)11(14)7-9/h4-5,7H,6,8H2,1H3,(H,15,16). The Bertz CT molecular complexity index is 446. The quantitative estimate of drug-likeness (QED) is 0.827. The molecular weight excluding hydrogens is 245 g/mol. The van der Waals surface area contributed by atoms with Crippen molar-refractivity contribution in [1.29, 1.82) is 0 Å². The maximum atomic E-state index is 11.4. The van der Waals surface area contributed by atoms with Crippen molar-refractivity contribution in [1.82, 2.24) is 5.32 Å². The lowest BCUT2D eigenvalue weighted by Gasteiger charge is -2.03. The predicted molar refractivity (Wildman–Crippen MR) is 66.6 cm³/mol. The highest BCUT2D eigenvalue weighted by Gasteiger charge is 2.04. The van der Waals surface area contributed by atoms with Gasteiger partial charge in [-0.2, -0.15) is 0 Å². The van der Waals surface area contributed by atoms with Crippen LogP contribution in [0.2, 0.25) is 10.0 Å². The molecule has 0 aliphatic heterocycles. The zero-order chi connectivity index (χ0) is 12.0. The van der Waals surface area contributed by atoms with Gasteiger partial charge in [0.2, 0.25) is 5.91 Å². The molecule has 0 aliphatic carbocycles. The second kappa shape index (κ2) is 6.42. The highest BCUT2D eigenvalue weighted by atomic mass is 35.5. The van der Waals surface area contributed by atoms with Gasteiger partial charge in [0.1, 0.15) is 0 Å². The van der Waals surface area contributed by atoms with Gasteiger partial charge in [-0.3, -0.25) is 4.79 Å². The van der Waals surface area contributed by atoms with Gasteiger partial charge < -0.3 is 5.32 Å². The lowest BCUT2D eigenvalue weighted by atomic mass is 10.1. The molecule has 0 spiro atoms. The summed E-state index contributed by atoms with van der Waals surface area (Å²) in [5.74, 6) is 5.37. The number of benzene rings is 1. The monoisotopic (exact) mass is 255 g/mol. The Morgan fingerprint density at radius 3 is 2.75 bits per heavy atom. The van der Waals surface area contributed by atoms with E-state index in [4.69, 9.17) is 23.2 Å². The van der Waals surface area contributed by atoms with Crippen LogP contribution in [0.15, 0.2) is 18.2 Å². The second-order valence-electron chi connectivity index (χ2n) is 3.13. The van der Waals surface area contributed by atoms with Gasteiger partial charge in [-0.05, 0) is 24.6 Å². The smallest absolute Gasteiger partial charge is 0.225 e. The van der Waals surface area contributed by atoms with Crippen molar-refractivity contribution in [3.8, 4) is 11.8 Å². The Labute approximate surface area is 105 Å². The Morgan fingerprint density at radius 2 is 2.12 bits per heavy atom. The predicted octanol–water partition coefficient (Wildman–Crippen LogP) is 2.68. The zero-order valence-corrected chi connectivity index (χ0v) is 10.3. The van der Waals surface area contributed by atoms with Gasteiger partial charge in [-0.1, -0.05) is 35.2 Å². The molecule has 1 amide bonds. The van der Waals surface area contributed by atoms with E-state index in [0.717, 1.165) is 5.56 Å². The van der Waals surface area contributed by atoms with E-state index in [1.807, 2.05) is 0 Å². The van der Waals surface area contributed by atoms with E-state index in [9.17, 15) is 4.79 Å². The van der Waals surface area contributed by atoms with Crippen LogP contribution in [0.1, 0.15) is 12.5 Å². The molecule has 1 rings (SSSR count). The Balaban J connectivity index is 2.55. The average molecular weight is 256 g/mol. The number of carbonyl (C=O) groups is 1. The third-order valence-electron chi connectivity index (χ3n) is 1.90. The van der Waals surface area contributed by atoms with Gasteiger partial charge in [0, 0.05) is 0 Å². The first-order valence-corrected chi connectivity index (χ1v) is 5.49. The maximum Gasteiger partial charge on any atom is 0.225 e. The van der Waals surface area contributed by atoms with Gasteiger partial charge in [0.25, 0.3) is 0 Å². The summed E-state index contributed by atoms with van der Waals surface area (Å²) in [4.78, 5) is 11.4. The summed E-state index contributed by atoms with van der Waals surface area (Å²) in [6.45, 7) is 2.10. The molecule has 0 bridgehead atoms. The molecule has 0 fully saturated rings. The van der Waals surface area contributed by atoms with Crippen LogP contribution >= 0.6 is 23.2 Å². The Hall–Kier alpha value is -1.17. The molecule has 0 saturated heterocycles. The SMILES string of the molecule is CC#CCNC(=O)Cc1ccc(Cl)c(Cl)c1. The number of halogens is 2. The van der Waals surface area contributed by atoms with Crippen LogP contribution in [0.5, 0.6) is 0 Å². The van der Waals surface area contributed by atoms with Crippen LogP contribution in [0, 0.1) is 11.8 Å². The molecule has 0 aliphatic rings. The molecule has 0 heterocycles. The lowest BCUT2D eigenvalue weighted by molar-refractivity contribution is -0.120. The third kappa shape index (κ3) is 4.14. The third-order valence-corrected chi connectivity index (χ3v) is 2.64. The summed E-state index contributed by atoms with van der Waals surface area (Å²) in [6, 6.07) is 5.15. The van der Waals surface area contributed by atoms with E-state index in [-0.39, 0.29) is 12.3 Å². The maximum absolute atomic E-state index is 11.4. The number of nitrogens with one attached hydrogen (secondary N) is 1. The fourth-order valence-electron chi connectivity index (χ4n) is 1.13. The molecule has 84 valence electrons. The molecular formula is C12H11Cl2NO. The van der Waals surface area contributed by atoms with Crippen LogP contribution in [0.4, 0.5) is 0 Å². The van der Waals surface area contributed by atoms with Gasteiger partial charge >= 0.3 is 0 Å². The largest absolute Gasteiger partial charge is 0.345 e. The average Bonchev–Trinajstić information content (AvgIpc) is 2.24. The van der Waals surface area contributed by atoms with Crippen LogP contribution < -0.4 is 5.32 Å². The van der Waals surface area contributed by atoms with Gasteiger partial charge in [-0.15, -0.1) is 5.92 Å². The molecule has 4 heteroatoms. The summed E-state index contributed by atoms with van der Waals surface area (Å²) < 4.78 is 0. The van der Waals surface area contributed by atoms with E-state index < -0.39 is 0 Å². The van der Waals surface area contributed by atoms with E-state index >= 15 is 0 Å². The molecule has 1 N–H and O–H groups in total. The normalized spacial score (nSPS) is 9.19. The molecule has 16 heavy (non-hydrogen) atoms. The number of hydrogen-bond donors (Lipinski definition) is 1. The first kappa shape index (κ1) is 12.9. The van der Waals surface area contributed by atoms with E-state index in [1.165, 1.54) is 0 Å². The summed E-state index contributed by atoms with van der Waals surface area (Å²) in [5.41, 5.74) is 0.830. The Morgan fingerprint density at radius 1 is 1.38 bits per heavy atom. The number of carbonyl (C=O) groups excluding carboxylic acids is 1. The minimum atomic E-state index is -0.0823. The van der Waals surface area contributed by atoms with Crippen molar-refractivity contribution in [2.45, 2.75) is 13.3 Å². The summed E-state index contributed by atoms with van der Waals surface area (Å²) >= 11 is 11.6. The minimum Gasteiger partial charge on any atom is -0.345 e. The van der Waals surface area contributed by atoms with Crippen molar-refractivity contribution in [2.24, 2.45) is 0 Å². The van der Waals surface area contributed by atoms with Crippen LogP contribution in [0.3, 0.4) is 0 Å². The van der Waals surface area contributed by atoms with Gasteiger partial charge in [0.15, 0.2) is 0 Å². The first-order chi connectivity index (χ1) is 7.63. The summed E-state index contributed by atoms with van der Waals surface area (Å²) in [6.07, 6.45) is 0.280. The van der Waals surface area contributed by atoms with Gasteiger partial charge in [-0.25, -0.2) is 0 Å². The second-order valence-corrected chi connectivity index (χ2v) is 3.94.